The molecule has 2 rings (SSSR count). The highest BCUT2D eigenvalue weighted by Gasteiger charge is 2.50. The monoisotopic (exact) mass is 203 g/mol. The van der Waals surface area contributed by atoms with E-state index in [4.69, 9.17) is 10.5 Å². The normalized spacial score (nSPS) is 46.6. The lowest BCUT2D eigenvalue weighted by atomic mass is 9.78. The summed E-state index contributed by atoms with van der Waals surface area (Å²) in [5, 5.41) is 10.3. The van der Waals surface area contributed by atoms with Crippen molar-refractivity contribution in [1.82, 2.24) is 0 Å². The summed E-state index contributed by atoms with van der Waals surface area (Å²) in [4.78, 5) is 0. The number of ether oxygens (including phenoxy) is 1. The number of nitrogens with two attached hydrogens (primary N) is 1. The zero-order valence-corrected chi connectivity index (χ0v) is 8.61. The van der Waals surface area contributed by atoms with Crippen molar-refractivity contribution in [3.63, 3.8) is 0 Å². The van der Waals surface area contributed by atoms with Crippen molar-refractivity contribution in [3.8, 4) is 0 Å². The highest BCUT2D eigenvalue weighted by Crippen LogP contribution is 2.37. The quantitative estimate of drug-likeness (QED) is 0.646. The van der Waals surface area contributed by atoms with E-state index in [0.29, 0.717) is 19.6 Å². The molecule has 0 radical (unpaired) electrons. The molecule has 0 amide bonds. The molecule has 2 aliphatic heterocycles. The number of rotatable bonds is 1. The molecule has 0 spiro atoms. The third-order valence-electron chi connectivity index (χ3n) is 3.20. The first-order valence-electron chi connectivity index (χ1n) is 4.83. The molecule has 0 aromatic heterocycles. The largest absolute Gasteiger partial charge is 0.385 e. The SMILES string of the molecule is NC1(C2(O)CCOC2)CCCSC1. The topological polar surface area (TPSA) is 55.5 Å². The fraction of sp³-hybridized carbons (Fsp3) is 1.00. The van der Waals surface area contributed by atoms with E-state index in [1.54, 1.807) is 0 Å². The molecule has 2 fully saturated rings. The van der Waals surface area contributed by atoms with Gasteiger partial charge >= 0.3 is 0 Å². The van der Waals surface area contributed by atoms with E-state index in [9.17, 15) is 5.11 Å². The molecule has 3 N–H and O–H groups in total. The van der Waals surface area contributed by atoms with Crippen LogP contribution in [0.1, 0.15) is 19.3 Å². The zero-order valence-electron chi connectivity index (χ0n) is 7.79. The third kappa shape index (κ3) is 1.61. The van der Waals surface area contributed by atoms with Crippen LogP contribution >= 0.6 is 11.8 Å². The van der Waals surface area contributed by atoms with Crippen molar-refractivity contribution in [2.24, 2.45) is 5.73 Å². The van der Waals surface area contributed by atoms with Crippen molar-refractivity contribution in [2.45, 2.75) is 30.4 Å². The molecule has 2 heterocycles. The number of thioether (sulfide) groups is 1. The van der Waals surface area contributed by atoms with Crippen LogP contribution in [0.25, 0.3) is 0 Å². The minimum Gasteiger partial charge on any atom is -0.385 e. The van der Waals surface area contributed by atoms with E-state index in [0.717, 1.165) is 18.6 Å². The van der Waals surface area contributed by atoms with Crippen LogP contribution in [-0.2, 0) is 4.74 Å². The standard InChI is InChI=1S/C9H17NO2S/c10-8(2-1-5-13-7-8)9(11)3-4-12-6-9/h11H,1-7,10H2. The predicted molar refractivity (Wildman–Crippen MR) is 53.9 cm³/mol. The van der Waals surface area contributed by atoms with Crippen LogP contribution < -0.4 is 5.73 Å². The average molecular weight is 203 g/mol. The Labute approximate surface area is 83.0 Å². The van der Waals surface area contributed by atoms with Gasteiger partial charge in [0.25, 0.3) is 0 Å². The molecule has 3 nitrogen and oxygen atoms in total. The van der Waals surface area contributed by atoms with Gasteiger partial charge in [-0.2, -0.15) is 11.8 Å². The molecule has 2 saturated heterocycles. The van der Waals surface area contributed by atoms with E-state index in [-0.39, 0.29) is 0 Å². The first-order chi connectivity index (χ1) is 6.16. The molecular formula is C9H17NO2S. The van der Waals surface area contributed by atoms with Crippen LogP contribution in [-0.4, -0.2) is 41.0 Å². The van der Waals surface area contributed by atoms with Crippen molar-refractivity contribution in [1.29, 1.82) is 0 Å². The molecule has 0 saturated carbocycles. The minimum atomic E-state index is -0.763. The zero-order chi connectivity index (χ0) is 9.36. The van der Waals surface area contributed by atoms with E-state index >= 15 is 0 Å². The van der Waals surface area contributed by atoms with Gasteiger partial charge in [-0.15, -0.1) is 0 Å². The van der Waals surface area contributed by atoms with Crippen LogP contribution in [0.4, 0.5) is 0 Å². The molecule has 13 heavy (non-hydrogen) atoms. The van der Waals surface area contributed by atoms with Gasteiger partial charge in [0.2, 0.25) is 0 Å². The Morgan fingerprint density at radius 2 is 2.23 bits per heavy atom. The molecular weight excluding hydrogens is 186 g/mol. The van der Waals surface area contributed by atoms with Crippen LogP contribution in [0.3, 0.4) is 0 Å². The Hall–Kier alpha value is 0.230. The van der Waals surface area contributed by atoms with Gasteiger partial charge in [-0.05, 0) is 18.6 Å². The summed E-state index contributed by atoms with van der Waals surface area (Å²) in [6, 6.07) is 0. The Morgan fingerprint density at radius 3 is 2.77 bits per heavy atom. The van der Waals surface area contributed by atoms with Crippen molar-refractivity contribution < 1.29 is 9.84 Å². The molecule has 0 bridgehead atoms. The van der Waals surface area contributed by atoms with Crippen molar-refractivity contribution in [2.75, 3.05) is 24.7 Å². The number of aliphatic hydroxyl groups is 1. The third-order valence-corrected chi connectivity index (χ3v) is 4.50. The number of hydrogen-bond donors (Lipinski definition) is 2. The summed E-state index contributed by atoms with van der Waals surface area (Å²) in [7, 11) is 0. The molecule has 76 valence electrons. The lowest BCUT2D eigenvalue weighted by Crippen LogP contribution is -2.63. The van der Waals surface area contributed by atoms with Gasteiger partial charge in [0.05, 0.1) is 12.1 Å². The second-order valence-electron chi connectivity index (χ2n) is 4.15. The summed E-state index contributed by atoms with van der Waals surface area (Å²) in [5.41, 5.74) is 5.07. The molecule has 0 aliphatic carbocycles. The molecule has 2 unspecified atom stereocenters. The van der Waals surface area contributed by atoms with E-state index in [1.807, 2.05) is 11.8 Å². The highest BCUT2D eigenvalue weighted by molar-refractivity contribution is 7.99. The maximum absolute atomic E-state index is 10.3. The average Bonchev–Trinajstić information content (AvgIpc) is 2.55. The maximum Gasteiger partial charge on any atom is 0.109 e. The highest BCUT2D eigenvalue weighted by atomic mass is 32.2. The van der Waals surface area contributed by atoms with Crippen LogP contribution in [0.15, 0.2) is 0 Å². The Kier molecular flexibility index (Phi) is 2.57. The molecule has 0 aromatic carbocycles. The van der Waals surface area contributed by atoms with Crippen LogP contribution in [0.5, 0.6) is 0 Å². The summed E-state index contributed by atoms with van der Waals surface area (Å²) in [6.45, 7) is 1.07. The lowest BCUT2D eigenvalue weighted by molar-refractivity contribution is -0.0363. The maximum atomic E-state index is 10.3. The summed E-state index contributed by atoms with van der Waals surface area (Å²) >= 11 is 1.85. The van der Waals surface area contributed by atoms with Gasteiger partial charge in [0.1, 0.15) is 5.60 Å². The fourth-order valence-electron chi connectivity index (χ4n) is 2.13. The van der Waals surface area contributed by atoms with Crippen LogP contribution in [0, 0.1) is 0 Å². The molecule has 0 aromatic rings. The molecule has 4 heteroatoms. The molecule has 2 aliphatic rings. The first-order valence-corrected chi connectivity index (χ1v) is 5.99. The van der Waals surface area contributed by atoms with Gasteiger partial charge in [-0.25, -0.2) is 0 Å². The fourth-order valence-corrected chi connectivity index (χ4v) is 3.40. The van der Waals surface area contributed by atoms with Gasteiger partial charge in [0, 0.05) is 18.8 Å². The van der Waals surface area contributed by atoms with E-state index in [2.05, 4.69) is 0 Å². The van der Waals surface area contributed by atoms with E-state index < -0.39 is 11.1 Å². The Balaban J connectivity index is 2.11. The first kappa shape index (κ1) is 9.77. The van der Waals surface area contributed by atoms with Crippen molar-refractivity contribution in [3.05, 3.63) is 0 Å². The summed E-state index contributed by atoms with van der Waals surface area (Å²) in [6.07, 6.45) is 2.74. The van der Waals surface area contributed by atoms with Gasteiger partial charge in [-0.1, -0.05) is 0 Å². The van der Waals surface area contributed by atoms with Gasteiger partial charge in [-0.3, -0.25) is 0 Å². The van der Waals surface area contributed by atoms with Gasteiger partial charge < -0.3 is 15.6 Å². The summed E-state index contributed by atoms with van der Waals surface area (Å²) in [5.74, 6) is 2.04. The second kappa shape index (κ2) is 3.42. The smallest absolute Gasteiger partial charge is 0.109 e. The lowest BCUT2D eigenvalue weighted by Gasteiger charge is -2.43. The van der Waals surface area contributed by atoms with Crippen molar-refractivity contribution >= 4 is 11.8 Å². The van der Waals surface area contributed by atoms with E-state index in [1.165, 1.54) is 5.75 Å². The number of hydrogen-bond acceptors (Lipinski definition) is 4. The summed E-state index contributed by atoms with van der Waals surface area (Å²) < 4.78 is 5.24. The predicted octanol–water partition coefficient (Wildman–Crippen LogP) is 0.362. The Morgan fingerprint density at radius 1 is 1.38 bits per heavy atom. The molecule has 2 atom stereocenters. The van der Waals surface area contributed by atoms with Crippen LogP contribution in [0.2, 0.25) is 0 Å². The van der Waals surface area contributed by atoms with Gasteiger partial charge in [0.15, 0.2) is 0 Å². The Bertz CT molecular complexity index is 186. The minimum absolute atomic E-state index is 0.410. The second-order valence-corrected chi connectivity index (χ2v) is 5.25.